The first-order chi connectivity index (χ1) is 11.6. The number of aryl methyl sites for hydroxylation is 2. The lowest BCUT2D eigenvalue weighted by Gasteiger charge is -2.38. The summed E-state index contributed by atoms with van der Waals surface area (Å²) < 4.78 is 5.03. The molecule has 0 aromatic carbocycles. The maximum atomic E-state index is 12.4. The third-order valence-corrected chi connectivity index (χ3v) is 5.51. The van der Waals surface area contributed by atoms with Gasteiger partial charge in [0.2, 0.25) is 5.91 Å². The molecule has 2 N–H and O–H groups in total. The van der Waals surface area contributed by atoms with Crippen molar-refractivity contribution in [3.63, 3.8) is 0 Å². The molecule has 6 heteroatoms. The molecule has 2 saturated heterocycles. The van der Waals surface area contributed by atoms with Crippen LogP contribution in [0.2, 0.25) is 0 Å². The fourth-order valence-electron chi connectivity index (χ4n) is 3.99. The van der Waals surface area contributed by atoms with E-state index in [1.807, 2.05) is 17.9 Å². The summed E-state index contributed by atoms with van der Waals surface area (Å²) in [5.41, 5.74) is 0.845. The largest absolute Gasteiger partial charge is 0.393 e. The normalized spacial score (nSPS) is 21.8. The molecule has 1 amide bonds. The smallest absolute Gasteiger partial charge is 0.222 e. The lowest BCUT2D eigenvalue weighted by molar-refractivity contribution is -0.133. The van der Waals surface area contributed by atoms with Crippen molar-refractivity contribution in [3.8, 4) is 0 Å². The molecule has 24 heavy (non-hydrogen) atoms. The lowest BCUT2D eigenvalue weighted by atomic mass is 9.80. The molecule has 1 aromatic heterocycles. The molecule has 0 spiro atoms. The van der Waals surface area contributed by atoms with Gasteiger partial charge in [0.1, 0.15) is 5.76 Å². The standard InChI is InChI=1S/C18H29N3O3/c1-13-12-16(20-24-13)2-3-17(22)21-10-6-15(7-11-21)18(23)14-4-8-19-9-5-14/h12,14-15,18-19,23H,2-11H2,1H3. The van der Waals surface area contributed by atoms with E-state index in [9.17, 15) is 9.90 Å². The van der Waals surface area contributed by atoms with Crippen molar-refractivity contribution in [2.75, 3.05) is 26.2 Å². The zero-order valence-corrected chi connectivity index (χ0v) is 14.5. The van der Waals surface area contributed by atoms with E-state index in [0.29, 0.717) is 24.7 Å². The monoisotopic (exact) mass is 335 g/mol. The summed E-state index contributed by atoms with van der Waals surface area (Å²) >= 11 is 0. The van der Waals surface area contributed by atoms with Crippen LogP contribution >= 0.6 is 0 Å². The van der Waals surface area contributed by atoms with Crippen LogP contribution in [0.25, 0.3) is 0 Å². The van der Waals surface area contributed by atoms with Crippen molar-refractivity contribution in [2.24, 2.45) is 11.8 Å². The van der Waals surface area contributed by atoms with Crippen molar-refractivity contribution in [3.05, 3.63) is 17.5 Å². The zero-order chi connectivity index (χ0) is 16.9. The molecule has 2 aliphatic heterocycles. The average molecular weight is 335 g/mol. The Morgan fingerprint density at radius 1 is 1.33 bits per heavy atom. The summed E-state index contributed by atoms with van der Waals surface area (Å²) in [5, 5.41) is 17.9. The topological polar surface area (TPSA) is 78.6 Å². The first-order valence-corrected chi connectivity index (χ1v) is 9.22. The second-order valence-electron chi connectivity index (χ2n) is 7.23. The maximum absolute atomic E-state index is 12.4. The van der Waals surface area contributed by atoms with E-state index in [1.165, 1.54) is 0 Å². The Labute approximate surface area is 143 Å². The van der Waals surface area contributed by atoms with E-state index < -0.39 is 0 Å². The molecule has 0 radical (unpaired) electrons. The zero-order valence-electron chi connectivity index (χ0n) is 14.5. The van der Waals surface area contributed by atoms with Crippen LogP contribution in [0.15, 0.2) is 10.6 Å². The number of rotatable bonds is 5. The minimum atomic E-state index is -0.206. The van der Waals surface area contributed by atoms with Crippen molar-refractivity contribution in [1.82, 2.24) is 15.4 Å². The number of likely N-dealkylation sites (tertiary alicyclic amines) is 1. The van der Waals surface area contributed by atoms with Gasteiger partial charge in [-0.3, -0.25) is 4.79 Å². The van der Waals surface area contributed by atoms with Crippen LogP contribution in [0.4, 0.5) is 0 Å². The predicted octanol–water partition coefficient (Wildman–Crippen LogP) is 1.51. The average Bonchev–Trinajstić information content (AvgIpc) is 3.05. The third kappa shape index (κ3) is 4.36. The Morgan fingerprint density at radius 2 is 2.00 bits per heavy atom. The van der Waals surface area contributed by atoms with Crippen LogP contribution in [0.1, 0.15) is 43.6 Å². The Balaban J connectivity index is 1.41. The number of nitrogens with one attached hydrogen (secondary N) is 1. The van der Waals surface area contributed by atoms with Crippen molar-refractivity contribution in [2.45, 2.75) is 51.6 Å². The summed E-state index contributed by atoms with van der Waals surface area (Å²) in [6.45, 7) is 5.42. The summed E-state index contributed by atoms with van der Waals surface area (Å²) in [4.78, 5) is 14.3. The minimum absolute atomic E-state index is 0.186. The molecule has 6 nitrogen and oxygen atoms in total. The second kappa shape index (κ2) is 8.12. The molecule has 1 aromatic rings. The number of nitrogens with zero attached hydrogens (tertiary/aromatic N) is 2. The van der Waals surface area contributed by atoms with E-state index in [4.69, 9.17) is 4.52 Å². The highest BCUT2D eigenvalue weighted by Gasteiger charge is 2.32. The lowest BCUT2D eigenvalue weighted by Crippen LogP contribution is -2.44. The van der Waals surface area contributed by atoms with Gasteiger partial charge in [0.25, 0.3) is 0 Å². The summed E-state index contributed by atoms with van der Waals surface area (Å²) in [6.07, 6.45) is 4.87. The van der Waals surface area contributed by atoms with E-state index >= 15 is 0 Å². The number of aliphatic hydroxyl groups is 1. The third-order valence-electron chi connectivity index (χ3n) is 5.51. The molecule has 2 aliphatic rings. The highest BCUT2D eigenvalue weighted by molar-refractivity contribution is 5.76. The molecule has 3 rings (SSSR count). The van der Waals surface area contributed by atoms with Gasteiger partial charge in [0.05, 0.1) is 11.8 Å². The molecule has 1 atom stereocenters. The quantitative estimate of drug-likeness (QED) is 0.853. The summed E-state index contributed by atoms with van der Waals surface area (Å²) in [6, 6.07) is 1.88. The molecule has 134 valence electrons. The number of amides is 1. The van der Waals surface area contributed by atoms with Gasteiger partial charge in [-0.25, -0.2) is 0 Å². The minimum Gasteiger partial charge on any atom is -0.393 e. The van der Waals surface area contributed by atoms with Crippen LogP contribution in [0, 0.1) is 18.8 Å². The van der Waals surface area contributed by atoms with E-state index in [-0.39, 0.29) is 12.0 Å². The van der Waals surface area contributed by atoms with Gasteiger partial charge in [-0.15, -0.1) is 0 Å². The van der Waals surface area contributed by atoms with Crippen molar-refractivity contribution < 1.29 is 14.4 Å². The molecule has 0 aliphatic carbocycles. The first kappa shape index (κ1) is 17.4. The summed E-state index contributed by atoms with van der Waals surface area (Å²) in [7, 11) is 0. The number of carbonyl (C=O) groups excluding carboxylic acids is 1. The molecular formula is C18H29N3O3. The van der Waals surface area contributed by atoms with Gasteiger partial charge in [-0.05, 0) is 57.5 Å². The van der Waals surface area contributed by atoms with Gasteiger partial charge in [-0.2, -0.15) is 0 Å². The number of aromatic nitrogens is 1. The van der Waals surface area contributed by atoms with Crippen molar-refractivity contribution in [1.29, 1.82) is 0 Å². The molecule has 0 bridgehead atoms. The van der Waals surface area contributed by atoms with Crippen LogP contribution < -0.4 is 5.32 Å². The number of aliphatic hydroxyl groups excluding tert-OH is 1. The van der Waals surface area contributed by atoms with Crippen LogP contribution in [-0.2, 0) is 11.2 Å². The van der Waals surface area contributed by atoms with Gasteiger partial charge in [0.15, 0.2) is 0 Å². The van der Waals surface area contributed by atoms with Crippen molar-refractivity contribution >= 4 is 5.91 Å². The Hall–Kier alpha value is -1.40. The second-order valence-corrected chi connectivity index (χ2v) is 7.23. The van der Waals surface area contributed by atoms with E-state index in [0.717, 1.165) is 63.3 Å². The fourth-order valence-corrected chi connectivity index (χ4v) is 3.99. The van der Waals surface area contributed by atoms with E-state index in [2.05, 4.69) is 10.5 Å². The molecule has 3 heterocycles. The highest BCUT2D eigenvalue weighted by Crippen LogP contribution is 2.29. The molecule has 1 unspecified atom stereocenters. The number of hydrogen-bond acceptors (Lipinski definition) is 5. The summed E-state index contributed by atoms with van der Waals surface area (Å²) in [5.74, 6) is 1.74. The van der Waals surface area contributed by atoms with Crippen LogP contribution in [-0.4, -0.2) is 53.4 Å². The van der Waals surface area contributed by atoms with E-state index in [1.54, 1.807) is 0 Å². The maximum Gasteiger partial charge on any atom is 0.222 e. The predicted molar refractivity (Wildman–Crippen MR) is 90.5 cm³/mol. The highest BCUT2D eigenvalue weighted by atomic mass is 16.5. The fraction of sp³-hybridized carbons (Fsp3) is 0.778. The first-order valence-electron chi connectivity index (χ1n) is 9.22. The number of piperidine rings is 2. The Morgan fingerprint density at radius 3 is 2.62 bits per heavy atom. The SMILES string of the molecule is Cc1cc(CCC(=O)N2CCC(C(O)C3CCNCC3)CC2)no1. The van der Waals surface area contributed by atoms with Gasteiger partial charge < -0.3 is 19.8 Å². The molecular weight excluding hydrogens is 306 g/mol. The van der Waals surface area contributed by atoms with Gasteiger partial charge in [-0.1, -0.05) is 5.16 Å². The molecule has 2 fully saturated rings. The van der Waals surface area contributed by atoms with Gasteiger partial charge in [0, 0.05) is 32.0 Å². The Bertz CT molecular complexity index is 531. The van der Waals surface area contributed by atoms with Crippen LogP contribution in [0.5, 0.6) is 0 Å². The van der Waals surface area contributed by atoms with Gasteiger partial charge >= 0.3 is 0 Å². The Kier molecular flexibility index (Phi) is 5.89. The van der Waals surface area contributed by atoms with Crippen LogP contribution in [0.3, 0.4) is 0 Å². The molecule has 0 saturated carbocycles. The number of hydrogen-bond donors (Lipinski definition) is 2. The number of carbonyl (C=O) groups is 1.